The molecule has 2 saturated heterocycles. The summed E-state index contributed by atoms with van der Waals surface area (Å²) in [6.45, 7) is 7.29. The Kier molecular flexibility index (Phi) is 5.06. The predicted octanol–water partition coefficient (Wildman–Crippen LogP) is 2.18. The average Bonchev–Trinajstić information content (AvgIpc) is 2.70. The van der Waals surface area contributed by atoms with E-state index < -0.39 is 0 Å². The molecule has 0 unspecified atom stereocenters. The lowest BCUT2D eigenvalue weighted by atomic mass is 10.1. The summed E-state index contributed by atoms with van der Waals surface area (Å²) < 4.78 is 0. The third-order valence-corrected chi connectivity index (χ3v) is 5.14. The average molecular weight is 338 g/mol. The van der Waals surface area contributed by atoms with Gasteiger partial charge in [-0.15, -0.1) is 10.2 Å². The van der Waals surface area contributed by atoms with Crippen molar-refractivity contribution in [2.45, 2.75) is 25.8 Å². The van der Waals surface area contributed by atoms with Gasteiger partial charge < -0.3 is 9.80 Å². The summed E-state index contributed by atoms with van der Waals surface area (Å²) in [5.74, 6) is 2.03. The Morgan fingerprint density at radius 1 is 0.760 bits per heavy atom. The Morgan fingerprint density at radius 2 is 1.44 bits per heavy atom. The topological polar surface area (TPSA) is 48.4 Å². The monoisotopic (exact) mass is 338 g/mol. The van der Waals surface area contributed by atoms with Gasteiger partial charge in [-0.25, -0.2) is 0 Å². The van der Waals surface area contributed by atoms with Crippen molar-refractivity contribution in [2.24, 2.45) is 0 Å². The molecule has 4 rings (SSSR count). The molecule has 2 aliphatic heterocycles. The number of rotatable bonds is 4. The lowest BCUT2D eigenvalue weighted by molar-refractivity contribution is 0.249. The van der Waals surface area contributed by atoms with Crippen molar-refractivity contribution in [1.82, 2.24) is 20.1 Å². The zero-order valence-electron chi connectivity index (χ0n) is 14.7. The number of anilines is 2. The highest BCUT2D eigenvalue weighted by molar-refractivity contribution is 5.45. The number of pyridine rings is 1. The number of piperazine rings is 1. The second-order valence-corrected chi connectivity index (χ2v) is 6.92. The van der Waals surface area contributed by atoms with Gasteiger partial charge in [0, 0.05) is 58.2 Å². The van der Waals surface area contributed by atoms with Gasteiger partial charge in [0.25, 0.3) is 0 Å². The molecule has 2 aliphatic rings. The molecule has 0 saturated carbocycles. The predicted molar refractivity (Wildman–Crippen MR) is 99.8 cm³/mol. The molecule has 4 heterocycles. The van der Waals surface area contributed by atoms with E-state index in [1.807, 2.05) is 18.5 Å². The third-order valence-electron chi connectivity index (χ3n) is 5.14. The molecule has 0 aromatic carbocycles. The third kappa shape index (κ3) is 4.07. The van der Waals surface area contributed by atoms with E-state index in [-0.39, 0.29) is 0 Å². The van der Waals surface area contributed by atoms with E-state index in [4.69, 9.17) is 0 Å². The van der Waals surface area contributed by atoms with Crippen LogP contribution in [0.15, 0.2) is 36.7 Å². The number of aromatic nitrogens is 3. The molecule has 2 aromatic heterocycles. The van der Waals surface area contributed by atoms with E-state index >= 15 is 0 Å². The fraction of sp³-hybridized carbons (Fsp3) is 0.526. The van der Waals surface area contributed by atoms with Crippen LogP contribution >= 0.6 is 0 Å². The molecular formula is C19H26N6. The summed E-state index contributed by atoms with van der Waals surface area (Å²) in [5, 5.41) is 8.97. The van der Waals surface area contributed by atoms with Crippen LogP contribution in [-0.2, 0) is 6.54 Å². The Bertz CT molecular complexity index is 645. The molecule has 0 spiro atoms. The molecule has 132 valence electrons. The van der Waals surface area contributed by atoms with Crippen LogP contribution in [-0.4, -0.2) is 59.3 Å². The van der Waals surface area contributed by atoms with Gasteiger partial charge in [-0.05, 0) is 43.0 Å². The molecule has 6 heteroatoms. The molecule has 0 N–H and O–H groups in total. The van der Waals surface area contributed by atoms with Gasteiger partial charge in [0.1, 0.15) is 0 Å². The maximum Gasteiger partial charge on any atom is 0.151 e. The first kappa shape index (κ1) is 16.3. The highest BCUT2D eigenvalue weighted by Crippen LogP contribution is 2.20. The molecule has 0 bridgehead atoms. The number of hydrogen-bond donors (Lipinski definition) is 0. The van der Waals surface area contributed by atoms with Crippen molar-refractivity contribution in [2.75, 3.05) is 49.1 Å². The molecule has 0 aliphatic carbocycles. The molecule has 6 nitrogen and oxygen atoms in total. The van der Waals surface area contributed by atoms with E-state index in [0.29, 0.717) is 0 Å². The number of nitrogens with zero attached hydrogens (tertiary/aromatic N) is 6. The SMILES string of the molecule is c1cncc(CN2CCN(c3ccc(N4CCCCC4)nn3)CC2)c1. The highest BCUT2D eigenvalue weighted by atomic mass is 15.3. The lowest BCUT2D eigenvalue weighted by Gasteiger charge is -2.35. The van der Waals surface area contributed by atoms with Crippen molar-refractivity contribution in [3.63, 3.8) is 0 Å². The quantitative estimate of drug-likeness (QED) is 0.852. The first-order valence-corrected chi connectivity index (χ1v) is 9.33. The van der Waals surface area contributed by atoms with E-state index in [1.54, 1.807) is 0 Å². The van der Waals surface area contributed by atoms with Gasteiger partial charge in [0.15, 0.2) is 11.6 Å². The largest absolute Gasteiger partial charge is 0.355 e. The molecule has 0 amide bonds. The van der Waals surface area contributed by atoms with Crippen LogP contribution in [0.2, 0.25) is 0 Å². The van der Waals surface area contributed by atoms with Gasteiger partial charge in [-0.1, -0.05) is 6.07 Å². The molecule has 0 atom stereocenters. The summed E-state index contributed by atoms with van der Waals surface area (Å²) in [5.41, 5.74) is 1.28. The summed E-state index contributed by atoms with van der Waals surface area (Å²) in [4.78, 5) is 11.4. The molecule has 0 radical (unpaired) electrons. The van der Waals surface area contributed by atoms with E-state index in [9.17, 15) is 0 Å². The fourth-order valence-electron chi connectivity index (χ4n) is 3.66. The lowest BCUT2D eigenvalue weighted by Crippen LogP contribution is -2.46. The van der Waals surface area contributed by atoms with Gasteiger partial charge in [-0.2, -0.15) is 0 Å². The van der Waals surface area contributed by atoms with Crippen LogP contribution in [0.1, 0.15) is 24.8 Å². The van der Waals surface area contributed by atoms with Crippen LogP contribution in [0, 0.1) is 0 Å². The standard InChI is InChI=1S/C19H26N6/c1-2-9-24(10-3-1)18-6-7-19(22-21-18)25-13-11-23(12-14-25)16-17-5-4-8-20-15-17/h4-8,15H,1-3,9-14,16H2. The first-order chi connectivity index (χ1) is 12.4. The molecular weight excluding hydrogens is 312 g/mol. The van der Waals surface area contributed by atoms with Crippen molar-refractivity contribution in [1.29, 1.82) is 0 Å². The number of piperidine rings is 1. The molecule has 2 aromatic rings. The van der Waals surface area contributed by atoms with E-state index in [0.717, 1.165) is 57.4 Å². The van der Waals surface area contributed by atoms with Gasteiger partial charge in [-0.3, -0.25) is 9.88 Å². The van der Waals surface area contributed by atoms with Gasteiger partial charge in [0.05, 0.1) is 0 Å². The molecule has 2 fully saturated rings. The minimum Gasteiger partial charge on any atom is -0.355 e. The summed E-state index contributed by atoms with van der Waals surface area (Å²) in [6, 6.07) is 8.42. The van der Waals surface area contributed by atoms with Crippen LogP contribution in [0.3, 0.4) is 0 Å². The Morgan fingerprint density at radius 3 is 2.04 bits per heavy atom. The Hall–Kier alpha value is -2.21. The van der Waals surface area contributed by atoms with Crippen molar-refractivity contribution in [3.05, 3.63) is 42.2 Å². The number of hydrogen-bond acceptors (Lipinski definition) is 6. The van der Waals surface area contributed by atoms with Crippen molar-refractivity contribution >= 4 is 11.6 Å². The smallest absolute Gasteiger partial charge is 0.151 e. The minimum atomic E-state index is 0.973. The van der Waals surface area contributed by atoms with E-state index in [2.05, 4.69) is 48.1 Å². The van der Waals surface area contributed by atoms with Crippen LogP contribution in [0.4, 0.5) is 11.6 Å². The minimum absolute atomic E-state index is 0.973. The first-order valence-electron chi connectivity index (χ1n) is 9.33. The van der Waals surface area contributed by atoms with E-state index in [1.165, 1.54) is 24.8 Å². The summed E-state index contributed by atoms with van der Waals surface area (Å²) in [6.07, 6.45) is 7.65. The summed E-state index contributed by atoms with van der Waals surface area (Å²) >= 11 is 0. The normalized spacial score (nSPS) is 19.2. The second kappa shape index (κ2) is 7.78. The Balaban J connectivity index is 1.31. The molecule has 25 heavy (non-hydrogen) atoms. The maximum absolute atomic E-state index is 4.49. The second-order valence-electron chi connectivity index (χ2n) is 6.92. The van der Waals surface area contributed by atoms with Gasteiger partial charge >= 0.3 is 0 Å². The fourth-order valence-corrected chi connectivity index (χ4v) is 3.66. The highest BCUT2D eigenvalue weighted by Gasteiger charge is 2.19. The van der Waals surface area contributed by atoms with Gasteiger partial charge in [0.2, 0.25) is 0 Å². The van der Waals surface area contributed by atoms with Crippen LogP contribution in [0.25, 0.3) is 0 Å². The zero-order valence-corrected chi connectivity index (χ0v) is 14.7. The maximum atomic E-state index is 4.49. The zero-order chi connectivity index (χ0) is 16.9. The Labute approximate surface area is 149 Å². The van der Waals surface area contributed by atoms with Crippen LogP contribution < -0.4 is 9.80 Å². The van der Waals surface area contributed by atoms with Crippen molar-refractivity contribution < 1.29 is 0 Å². The van der Waals surface area contributed by atoms with Crippen LogP contribution in [0.5, 0.6) is 0 Å². The summed E-state index contributed by atoms with van der Waals surface area (Å²) in [7, 11) is 0. The van der Waals surface area contributed by atoms with Crippen molar-refractivity contribution in [3.8, 4) is 0 Å².